The van der Waals surface area contributed by atoms with Crippen molar-refractivity contribution < 1.29 is 9.53 Å². The van der Waals surface area contributed by atoms with Crippen molar-refractivity contribution in [2.24, 2.45) is 0 Å². The molecule has 2 aromatic carbocycles. The maximum Gasteiger partial charge on any atom is 0.265 e. The first-order chi connectivity index (χ1) is 12.2. The Balaban J connectivity index is 1.55. The molecule has 0 atom stereocenters. The van der Waals surface area contributed by atoms with Crippen molar-refractivity contribution in [1.29, 1.82) is 0 Å². The van der Waals surface area contributed by atoms with Crippen molar-refractivity contribution in [2.75, 3.05) is 11.5 Å². The van der Waals surface area contributed by atoms with E-state index in [2.05, 4.69) is 10.3 Å². The van der Waals surface area contributed by atoms with Crippen LogP contribution < -0.4 is 9.64 Å². The van der Waals surface area contributed by atoms with Gasteiger partial charge in [-0.05, 0) is 23.8 Å². The Morgan fingerprint density at radius 1 is 1.12 bits per heavy atom. The number of carbonyl (C=O) groups excluding carboxylic acids is 1. The van der Waals surface area contributed by atoms with Gasteiger partial charge in [0, 0.05) is 5.02 Å². The Hall–Kier alpha value is -2.86. The third kappa shape index (κ3) is 3.34. The number of hydrogen-bond acceptors (Lipinski definition) is 4. The van der Waals surface area contributed by atoms with Crippen LogP contribution in [0.5, 0.6) is 5.75 Å². The molecule has 0 aliphatic carbocycles. The minimum Gasteiger partial charge on any atom is -0.482 e. The zero-order valence-corrected chi connectivity index (χ0v) is 14.1. The molecule has 0 spiro atoms. The molecule has 4 rings (SSSR count). The lowest BCUT2D eigenvalue weighted by molar-refractivity contribution is -0.121. The topological polar surface area (TPSA) is 60.2 Å². The van der Waals surface area contributed by atoms with E-state index < -0.39 is 0 Å². The summed E-state index contributed by atoms with van der Waals surface area (Å²) in [6.07, 6.45) is 1.85. The molecule has 1 amide bonds. The largest absolute Gasteiger partial charge is 0.482 e. The standard InChI is InChI=1S/C18H15ClN4O2/c19-14-6-7-17-16(8-14)23(18(24)12-25-17)11-15-10-22(21-20-15)9-13-4-2-1-3-5-13/h1-8,10H,9,11-12H2. The van der Waals surface area contributed by atoms with E-state index in [4.69, 9.17) is 16.3 Å². The van der Waals surface area contributed by atoms with Crippen molar-refractivity contribution in [1.82, 2.24) is 15.0 Å². The third-order valence-corrected chi connectivity index (χ3v) is 4.19. The number of carbonyl (C=O) groups is 1. The van der Waals surface area contributed by atoms with Gasteiger partial charge < -0.3 is 4.74 Å². The predicted molar refractivity (Wildman–Crippen MR) is 93.7 cm³/mol. The third-order valence-electron chi connectivity index (χ3n) is 3.96. The van der Waals surface area contributed by atoms with Gasteiger partial charge in [-0.1, -0.05) is 47.1 Å². The Kier molecular flexibility index (Phi) is 4.11. The van der Waals surface area contributed by atoms with Gasteiger partial charge in [0.05, 0.1) is 25.0 Å². The maximum atomic E-state index is 12.3. The van der Waals surface area contributed by atoms with E-state index in [0.717, 1.165) is 5.56 Å². The molecule has 0 N–H and O–H groups in total. The van der Waals surface area contributed by atoms with Gasteiger partial charge in [-0.15, -0.1) is 5.10 Å². The molecule has 126 valence electrons. The van der Waals surface area contributed by atoms with Crippen LogP contribution in [-0.4, -0.2) is 27.5 Å². The summed E-state index contributed by atoms with van der Waals surface area (Å²) >= 11 is 6.06. The molecule has 1 aliphatic heterocycles. The van der Waals surface area contributed by atoms with Crippen LogP contribution in [0, 0.1) is 0 Å². The second-order valence-electron chi connectivity index (χ2n) is 5.77. The van der Waals surface area contributed by atoms with Crippen molar-refractivity contribution in [2.45, 2.75) is 13.1 Å². The van der Waals surface area contributed by atoms with E-state index in [0.29, 0.717) is 35.2 Å². The number of rotatable bonds is 4. The lowest BCUT2D eigenvalue weighted by atomic mass is 10.2. The smallest absolute Gasteiger partial charge is 0.265 e. The lowest BCUT2D eigenvalue weighted by Crippen LogP contribution is -2.38. The van der Waals surface area contributed by atoms with Crippen molar-refractivity contribution in [3.63, 3.8) is 0 Å². The highest BCUT2D eigenvalue weighted by molar-refractivity contribution is 6.31. The average molecular weight is 355 g/mol. The fraction of sp³-hybridized carbons (Fsp3) is 0.167. The highest BCUT2D eigenvalue weighted by Crippen LogP contribution is 2.35. The van der Waals surface area contributed by atoms with Crippen LogP contribution in [0.25, 0.3) is 0 Å². The molecule has 25 heavy (non-hydrogen) atoms. The van der Waals surface area contributed by atoms with E-state index >= 15 is 0 Å². The maximum absolute atomic E-state index is 12.3. The van der Waals surface area contributed by atoms with E-state index in [1.807, 2.05) is 36.5 Å². The molecule has 3 aromatic rings. The van der Waals surface area contributed by atoms with Gasteiger partial charge in [0.1, 0.15) is 11.4 Å². The summed E-state index contributed by atoms with van der Waals surface area (Å²) in [7, 11) is 0. The Morgan fingerprint density at radius 2 is 1.96 bits per heavy atom. The summed E-state index contributed by atoms with van der Waals surface area (Å²) in [5, 5.41) is 8.88. The Bertz CT molecular complexity index is 910. The van der Waals surface area contributed by atoms with Crippen LogP contribution in [0.1, 0.15) is 11.3 Å². The molecule has 2 heterocycles. The van der Waals surface area contributed by atoms with Gasteiger partial charge in [0.15, 0.2) is 6.61 Å². The highest BCUT2D eigenvalue weighted by atomic mass is 35.5. The fourth-order valence-electron chi connectivity index (χ4n) is 2.77. The zero-order chi connectivity index (χ0) is 17.2. The highest BCUT2D eigenvalue weighted by Gasteiger charge is 2.26. The van der Waals surface area contributed by atoms with Gasteiger partial charge in [0.2, 0.25) is 0 Å². The van der Waals surface area contributed by atoms with Crippen LogP contribution in [0.2, 0.25) is 5.02 Å². The second-order valence-corrected chi connectivity index (χ2v) is 6.21. The molecule has 0 bridgehead atoms. The van der Waals surface area contributed by atoms with Crippen LogP contribution in [0.15, 0.2) is 54.7 Å². The molecule has 0 radical (unpaired) electrons. The molecule has 0 saturated heterocycles. The molecule has 6 nitrogen and oxygen atoms in total. The first kappa shape index (κ1) is 15.7. The van der Waals surface area contributed by atoms with E-state index in [1.165, 1.54) is 0 Å². The van der Waals surface area contributed by atoms with Gasteiger partial charge in [-0.2, -0.15) is 0 Å². The van der Waals surface area contributed by atoms with Gasteiger partial charge >= 0.3 is 0 Å². The summed E-state index contributed by atoms with van der Waals surface area (Å²) in [6.45, 7) is 0.963. The number of halogens is 1. The molecule has 0 fully saturated rings. The molecule has 1 aliphatic rings. The number of amides is 1. The molecular formula is C18H15ClN4O2. The number of aromatic nitrogens is 3. The van der Waals surface area contributed by atoms with Gasteiger partial charge in [-0.3, -0.25) is 9.69 Å². The normalized spacial score (nSPS) is 13.5. The SMILES string of the molecule is O=C1COc2ccc(Cl)cc2N1Cc1cn(Cc2ccccc2)nn1. The van der Waals surface area contributed by atoms with Crippen molar-refractivity contribution in [3.05, 3.63) is 71.0 Å². The van der Waals surface area contributed by atoms with Crippen LogP contribution in [0.3, 0.4) is 0 Å². The summed E-state index contributed by atoms with van der Waals surface area (Å²) in [5.41, 5.74) is 2.50. The van der Waals surface area contributed by atoms with Gasteiger partial charge in [0.25, 0.3) is 5.91 Å². The van der Waals surface area contributed by atoms with Crippen molar-refractivity contribution >= 4 is 23.2 Å². The predicted octanol–water partition coefficient (Wildman–Crippen LogP) is 2.91. The van der Waals surface area contributed by atoms with E-state index in [-0.39, 0.29) is 12.5 Å². The van der Waals surface area contributed by atoms with Gasteiger partial charge in [-0.25, -0.2) is 4.68 Å². The molecular weight excluding hydrogens is 340 g/mol. The minimum atomic E-state index is -0.132. The monoisotopic (exact) mass is 354 g/mol. The quantitative estimate of drug-likeness (QED) is 0.722. The summed E-state index contributed by atoms with van der Waals surface area (Å²) in [6, 6.07) is 15.2. The first-order valence-corrected chi connectivity index (χ1v) is 8.22. The number of benzene rings is 2. The minimum absolute atomic E-state index is 0.00673. The number of hydrogen-bond donors (Lipinski definition) is 0. The first-order valence-electron chi connectivity index (χ1n) is 7.85. The fourth-order valence-corrected chi connectivity index (χ4v) is 2.94. The summed E-state index contributed by atoms with van der Waals surface area (Å²) in [4.78, 5) is 13.9. The summed E-state index contributed by atoms with van der Waals surface area (Å²) in [5.74, 6) is 0.507. The second kappa shape index (κ2) is 6.57. The van der Waals surface area contributed by atoms with E-state index in [9.17, 15) is 4.79 Å². The molecule has 1 aromatic heterocycles. The molecule has 0 saturated carbocycles. The summed E-state index contributed by atoms with van der Waals surface area (Å²) < 4.78 is 7.21. The number of ether oxygens (including phenoxy) is 1. The number of anilines is 1. The van der Waals surface area contributed by atoms with E-state index in [1.54, 1.807) is 27.8 Å². The number of nitrogens with zero attached hydrogens (tertiary/aromatic N) is 4. The van der Waals surface area contributed by atoms with Crippen LogP contribution in [-0.2, 0) is 17.9 Å². The molecule has 7 heteroatoms. The Morgan fingerprint density at radius 3 is 2.80 bits per heavy atom. The average Bonchev–Trinajstić information content (AvgIpc) is 3.05. The lowest BCUT2D eigenvalue weighted by Gasteiger charge is -2.28. The van der Waals surface area contributed by atoms with Crippen LogP contribution >= 0.6 is 11.6 Å². The number of fused-ring (bicyclic) bond motifs is 1. The van der Waals surface area contributed by atoms with Crippen molar-refractivity contribution in [3.8, 4) is 5.75 Å². The Labute approximate surface area is 149 Å². The van der Waals surface area contributed by atoms with Crippen LogP contribution in [0.4, 0.5) is 5.69 Å². The molecule has 0 unspecified atom stereocenters. The zero-order valence-electron chi connectivity index (χ0n) is 13.3.